The van der Waals surface area contributed by atoms with E-state index < -0.39 is 12.9 Å². The van der Waals surface area contributed by atoms with Crippen molar-refractivity contribution in [2.75, 3.05) is 0 Å². The average molecular weight is 216 g/mol. The van der Waals surface area contributed by atoms with E-state index in [0.29, 0.717) is 0 Å². The zero-order valence-corrected chi connectivity index (χ0v) is 7.94. The summed E-state index contributed by atoms with van der Waals surface area (Å²) in [5, 5.41) is 0. The van der Waals surface area contributed by atoms with Gasteiger partial charge < -0.3 is 5.48 Å². The smallest absolute Gasteiger partial charge is 2.00 e. The Morgan fingerprint density at radius 3 is 1.25 bits per heavy atom. The molecule has 0 aliphatic rings. The summed E-state index contributed by atoms with van der Waals surface area (Å²) < 4.78 is 41.9. The largest absolute Gasteiger partial charge is 2.00 e. The molecule has 0 aromatic rings. The standard InChI is InChI=1S/Cr.2H2O.4O.Zn/h;2*1H2;;;;;/q+1;;;;;2*-1;+2/p-1. The van der Waals surface area contributed by atoms with Gasteiger partial charge in [-0.25, -0.2) is 0 Å². The average Bonchev–Trinajstić information content (AvgIpc) is 0.650. The minimum Gasteiger partial charge on any atom is 2.00 e. The Kier molecular flexibility index (Phi) is 5.83. The Morgan fingerprint density at radius 2 is 1.25 bits per heavy atom. The van der Waals surface area contributed by atoms with Crippen LogP contribution in [-0.2, 0) is 40.0 Å². The first-order chi connectivity index (χ1) is 2.24. The van der Waals surface area contributed by atoms with E-state index in [9.17, 15) is 0 Å². The molecule has 0 rings (SSSR count). The molecule has 0 bridgehead atoms. The molecular weight excluding hydrogens is 213 g/mol. The van der Waals surface area contributed by atoms with Crippen molar-refractivity contribution in [2.45, 2.75) is 0 Å². The molecule has 0 unspecified atom stereocenters. The second-order valence-electron chi connectivity index (χ2n) is 0.706. The predicted octanol–water partition coefficient (Wildman–Crippen LogP) is -4.00. The molecule has 0 atom stereocenters. The Bertz CT molecular complexity index is 135. The van der Waals surface area contributed by atoms with Crippen LogP contribution in [0, 0.1) is 0 Å². The van der Waals surface area contributed by atoms with Crippen molar-refractivity contribution in [1.29, 1.82) is 0 Å². The van der Waals surface area contributed by atoms with Gasteiger partial charge in [0.1, 0.15) is 0 Å². The van der Waals surface area contributed by atoms with E-state index in [1.54, 1.807) is 0 Å². The molecule has 0 fully saturated rings. The third-order valence-corrected chi connectivity index (χ3v) is 0. The van der Waals surface area contributed by atoms with Crippen LogP contribution in [-0.4, -0.2) is 9.63 Å². The van der Waals surface area contributed by atoms with E-state index in [1.165, 1.54) is 0 Å². The van der Waals surface area contributed by atoms with E-state index in [1.807, 2.05) is 0 Å². The molecule has 0 amide bonds. The van der Waals surface area contributed by atoms with E-state index in [0.717, 1.165) is 0 Å². The fourth-order valence-electron chi connectivity index (χ4n) is 0. The summed E-state index contributed by atoms with van der Waals surface area (Å²) in [4.78, 5) is 0. The minimum absolute atomic E-state index is 0. The number of rotatable bonds is 0. The van der Waals surface area contributed by atoms with Gasteiger partial charge in [0, 0.05) is 0 Å². The summed E-state index contributed by atoms with van der Waals surface area (Å²) in [6.45, 7) is 0. The van der Waals surface area contributed by atoms with Crippen molar-refractivity contribution in [1.82, 2.24) is 0 Å². The van der Waals surface area contributed by atoms with E-state index >= 15 is 0 Å². The molecule has 0 saturated carbocycles. The van der Waals surface area contributed by atoms with Gasteiger partial charge >= 0.3 is 52.4 Å². The van der Waals surface area contributed by atoms with Crippen molar-refractivity contribution in [2.24, 2.45) is 0 Å². The van der Waals surface area contributed by atoms with Crippen molar-refractivity contribution in [3.05, 3.63) is 0 Å². The molecule has 0 radical (unpaired) electrons. The zero-order chi connectivity index (χ0) is 5.45. The van der Waals surface area contributed by atoms with Crippen LogP contribution in [0.1, 0.15) is 0 Å². The second kappa shape index (κ2) is 2.94. The fraction of sp³-hybridized carbons (Fsp3) is 0. The molecule has 0 saturated heterocycles. The fourth-order valence-corrected chi connectivity index (χ4v) is 0. The van der Waals surface area contributed by atoms with Gasteiger partial charge in [0.15, 0.2) is 0 Å². The Balaban J connectivity index is -0.000000125. The molecule has 3 N–H and O–H groups in total. The Morgan fingerprint density at radius 1 is 1.25 bits per heavy atom. The first-order valence-corrected chi connectivity index (χ1v) is 3.50. The summed E-state index contributed by atoms with van der Waals surface area (Å²) in [7, 11) is 0. The van der Waals surface area contributed by atoms with Gasteiger partial charge in [-0.2, -0.15) is 0 Å². The molecule has 0 aliphatic heterocycles. The first kappa shape index (κ1) is 15.8. The zero-order valence-electron chi connectivity index (χ0n) is 3.70. The van der Waals surface area contributed by atoms with Gasteiger partial charge in [0.25, 0.3) is 0 Å². The van der Waals surface area contributed by atoms with Crippen LogP contribution < -0.4 is 8.32 Å². The molecule has 0 aromatic carbocycles. The van der Waals surface area contributed by atoms with Crippen molar-refractivity contribution in [3.63, 3.8) is 0 Å². The molecule has 8 heteroatoms. The van der Waals surface area contributed by atoms with Gasteiger partial charge in [-0.3, -0.25) is 0 Å². The predicted molar refractivity (Wildman–Crippen MR) is 7.21 cm³/mol. The Hall–Kier alpha value is 0.596. The summed E-state index contributed by atoms with van der Waals surface area (Å²) in [5.41, 5.74) is 0. The van der Waals surface area contributed by atoms with Crippen LogP contribution in [0.15, 0.2) is 0 Å². The first-order valence-electron chi connectivity index (χ1n) is 0.849. The van der Waals surface area contributed by atoms with E-state index in [4.69, 9.17) is 20.1 Å². The maximum absolute atomic E-state index is 8.74. The molecule has 8 heavy (non-hydrogen) atoms. The SMILES string of the molecule is O.[O]=[Cr](=[O])([O-])([O-])[OH].[Zn+2]. The molecule has 0 aromatic heterocycles. The third-order valence-electron chi connectivity index (χ3n) is 0. The summed E-state index contributed by atoms with van der Waals surface area (Å²) in [6, 6.07) is 0. The molecular formula is H3CrO6Zn. The van der Waals surface area contributed by atoms with Gasteiger partial charge in [-0.15, -0.1) is 0 Å². The van der Waals surface area contributed by atoms with Crippen LogP contribution in [0.4, 0.5) is 0 Å². The van der Waals surface area contributed by atoms with Gasteiger partial charge in [0.2, 0.25) is 0 Å². The quantitative estimate of drug-likeness (QED) is 0.412. The van der Waals surface area contributed by atoms with Crippen molar-refractivity contribution in [3.8, 4) is 0 Å². The molecule has 0 spiro atoms. The minimum atomic E-state index is -7.38. The topological polar surface area (TPSA) is 132 Å². The second-order valence-corrected chi connectivity index (χ2v) is 2.91. The van der Waals surface area contributed by atoms with Gasteiger partial charge in [0.05, 0.1) is 0 Å². The summed E-state index contributed by atoms with van der Waals surface area (Å²) in [5.74, 6) is 0. The Labute approximate surface area is 58.2 Å². The van der Waals surface area contributed by atoms with Crippen LogP contribution >= 0.6 is 0 Å². The van der Waals surface area contributed by atoms with Crippen molar-refractivity contribution < 1.29 is 57.9 Å². The number of hydrogen-bond acceptors (Lipinski definition) is 4. The van der Waals surface area contributed by atoms with E-state index in [-0.39, 0.29) is 25.0 Å². The molecule has 6 nitrogen and oxygen atoms in total. The van der Waals surface area contributed by atoms with Crippen LogP contribution in [0.25, 0.3) is 0 Å². The maximum Gasteiger partial charge on any atom is 2.00 e. The van der Waals surface area contributed by atoms with Gasteiger partial charge in [-0.05, 0) is 0 Å². The molecule has 0 heterocycles. The normalized spacial score (nSPS) is 14.1. The maximum atomic E-state index is 8.74. The van der Waals surface area contributed by atoms with E-state index in [2.05, 4.69) is 0 Å². The van der Waals surface area contributed by atoms with Crippen LogP contribution in [0.3, 0.4) is 0 Å². The third kappa shape index (κ3) is 582. The number of hydrogen-bond donors (Lipinski definition) is 1. The van der Waals surface area contributed by atoms with Gasteiger partial charge in [-0.1, -0.05) is 0 Å². The monoisotopic (exact) mass is 215 g/mol. The summed E-state index contributed by atoms with van der Waals surface area (Å²) in [6.07, 6.45) is 0. The van der Waals surface area contributed by atoms with Crippen molar-refractivity contribution >= 4 is 0 Å². The molecule has 0 aliphatic carbocycles. The van der Waals surface area contributed by atoms with Crippen LogP contribution in [0.5, 0.6) is 0 Å². The molecule has 47 valence electrons. The van der Waals surface area contributed by atoms with Crippen LogP contribution in [0.2, 0.25) is 0 Å². The summed E-state index contributed by atoms with van der Waals surface area (Å²) >= 11 is -7.38.